The van der Waals surface area contributed by atoms with E-state index in [4.69, 9.17) is 0 Å². The molecular formula is C8H17NO. The van der Waals surface area contributed by atoms with Crippen LogP contribution in [0.1, 0.15) is 33.1 Å². The van der Waals surface area contributed by atoms with Crippen LogP contribution in [0.5, 0.6) is 0 Å². The van der Waals surface area contributed by atoms with Gasteiger partial charge in [0.2, 0.25) is 0 Å². The molecule has 1 aliphatic rings. The second-order valence-corrected chi connectivity index (χ2v) is 3.11. The van der Waals surface area contributed by atoms with Crippen molar-refractivity contribution in [3.8, 4) is 0 Å². The minimum absolute atomic E-state index is 0.363. The van der Waals surface area contributed by atoms with Crippen LogP contribution in [0, 0.1) is 0 Å². The second-order valence-electron chi connectivity index (χ2n) is 3.11. The molecule has 0 aliphatic carbocycles. The maximum Gasteiger partial charge on any atom is 0.0795 e. The molecule has 0 aromatic rings. The van der Waals surface area contributed by atoms with E-state index in [1.165, 1.54) is 0 Å². The predicted molar refractivity (Wildman–Crippen MR) is 41.9 cm³/mol. The predicted octanol–water partition coefficient (Wildman–Crippen LogP) is 0.899. The van der Waals surface area contributed by atoms with E-state index in [2.05, 4.69) is 5.32 Å². The molecule has 0 aromatic carbocycles. The Labute approximate surface area is 62.6 Å². The molecule has 1 heterocycles. The van der Waals surface area contributed by atoms with Gasteiger partial charge in [-0.2, -0.15) is 0 Å². The topological polar surface area (TPSA) is 32.3 Å². The third-order valence-electron chi connectivity index (χ3n) is 2.70. The number of nitrogens with one attached hydrogen (secondary N) is 1. The summed E-state index contributed by atoms with van der Waals surface area (Å²) >= 11 is 0. The molecule has 0 aromatic heterocycles. The number of rotatable bonds is 3. The minimum atomic E-state index is -0.432. The van der Waals surface area contributed by atoms with E-state index in [9.17, 15) is 5.11 Å². The monoisotopic (exact) mass is 143 g/mol. The Morgan fingerprint density at radius 2 is 2.00 bits per heavy atom. The van der Waals surface area contributed by atoms with E-state index >= 15 is 0 Å². The first-order chi connectivity index (χ1) is 4.73. The zero-order valence-electron chi connectivity index (χ0n) is 6.85. The molecule has 1 rings (SSSR count). The summed E-state index contributed by atoms with van der Waals surface area (Å²) in [4.78, 5) is 0. The van der Waals surface area contributed by atoms with Gasteiger partial charge in [0.05, 0.1) is 5.60 Å². The van der Waals surface area contributed by atoms with Gasteiger partial charge in [0.15, 0.2) is 0 Å². The highest BCUT2D eigenvalue weighted by Gasteiger charge is 2.36. The van der Waals surface area contributed by atoms with E-state index in [-0.39, 0.29) is 0 Å². The molecule has 2 heteroatoms. The molecule has 10 heavy (non-hydrogen) atoms. The van der Waals surface area contributed by atoms with Gasteiger partial charge in [-0.15, -0.1) is 0 Å². The van der Waals surface area contributed by atoms with Crippen molar-refractivity contribution in [3.63, 3.8) is 0 Å². The van der Waals surface area contributed by atoms with Crippen LogP contribution >= 0.6 is 0 Å². The smallest absolute Gasteiger partial charge is 0.0795 e. The standard InChI is InChI=1S/C8H17NO/c1-3-8(10,4-2)7-5-6-9-7/h7,9-10H,3-6H2,1-2H3. The van der Waals surface area contributed by atoms with Crippen molar-refractivity contribution in [2.75, 3.05) is 6.54 Å². The van der Waals surface area contributed by atoms with Gasteiger partial charge < -0.3 is 10.4 Å². The fourth-order valence-electron chi connectivity index (χ4n) is 1.49. The highest BCUT2D eigenvalue weighted by atomic mass is 16.3. The maximum absolute atomic E-state index is 9.89. The van der Waals surface area contributed by atoms with E-state index in [0.29, 0.717) is 6.04 Å². The van der Waals surface area contributed by atoms with Crippen LogP contribution in [0.15, 0.2) is 0 Å². The molecule has 0 spiro atoms. The average Bonchev–Trinajstić information content (AvgIpc) is 1.84. The molecule has 2 N–H and O–H groups in total. The zero-order valence-corrected chi connectivity index (χ0v) is 6.85. The summed E-state index contributed by atoms with van der Waals surface area (Å²) in [5.74, 6) is 0. The van der Waals surface area contributed by atoms with Crippen molar-refractivity contribution in [2.45, 2.75) is 44.8 Å². The third-order valence-corrected chi connectivity index (χ3v) is 2.70. The molecule has 0 amide bonds. The van der Waals surface area contributed by atoms with Crippen molar-refractivity contribution in [1.29, 1.82) is 0 Å². The molecule has 1 aliphatic heterocycles. The van der Waals surface area contributed by atoms with Gasteiger partial charge in [0.25, 0.3) is 0 Å². The van der Waals surface area contributed by atoms with E-state index in [0.717, 1.165) is 25.8 Å². The van der Waals surface area contributed by atoms with Crippen LogP contribution in [-0.2, 0) is 0 Å². The lowest BCUT2D eigenvalue weighted by atomic mass is 9.83. The molecule has 2 nitrogen and oxygen atoms in total. The summed E-state index contributed by atoms with van der Waals surface area (Å²) in [5, 5.41) is 13.1. The quantitative estimate of drug-likeness (QED) is 0.615. The van der Waals surface area contributed by atoms with Gasteiger partial charge >= 0.3 is 0 Å². The lowest BCUT2D eigenvalue weighted by molar-refractivity contribution is -0.0275. The van der Waals surface area contributed by atoms with Gasteiger partial charge in [-0.25, -0.2) is 0 Å². The van der Waals surface area contributed by atoms with Crippen LogP contribution in [0.2, 0.25) is 0 Å². The van der Waals surface area contributed by atoms with Gasteiger partial charge in [0.1, 0.15) is 0 Å². The van der Waals surface area contributed by atoms with E-state index in [1.54, 1.807) is 0 Å². The van der Waals surface area contributed by atoms with Crippen molar-refractivity contribution >= 4 is 0 Å². The summed E-state index contributed by atoms with van der Waals surface area (Å²) in [6, 6.07) is 0.363. The van der Waals surface area contributed by atoms with Crippen LogP contribution in [0.4, 0.5) is 0 Å². The fraction of sp³-hybridized carbons (Fsp3) is 1.00. The lowest BCUT2D eigenvalue weighted by Gasteiger charge is -2.41. The molecule has 1 fully saturated rings. The summed E-state index contributed by atoms with van der Waals surface area (Å²) in [5.41, 5.74) is -0.432. The number of aliphatic hydroxyl groups is 1. The molecular weight excluding hydrogens is 126 g/mol. The molecule has 60 valence electrons. The summed E-state index contributed by atoms with van der Waals surface area (Å²) in [7, 11) is 0. The van der Waals surface area contributed by atoms with Crippen LogP contribution in [-0.4, -0.2) is 23.3 Å². The van der Waals surface area contributed by atoms with Crippen LogP contribution in [0.25, 0.3) is 0 Å². The minimum Gasteiger partial charge on any atom is -0.388 e. The molecule has 1 unspecified atom stereocenters. The first-order valence-corrected chi connectivity index (χ1v) is 4.18. The van der Waals surface area contributed by atoms with E-state index in [1.807, 2.05) is 13.8 Å². The molecule has 1 saturated heterocycles. The Bertz CT molecular complexity index is 106. The van der Waals surface area contributed by atoms with Crippen molar-refractivity contribution in [2.24, 2.45) is 0 Å². The van der Waals surface area contributed by atoms with Crippen molar-refractivity contribution < 1.29 is 5.11 Å². The van der Waals surface area contributed by atoms with Gasteiger partial charge in [-0.1, -0.05) is 13.8 Å². The zero-order chi connectivity index (χ0) is 7.61. The first-order valence-electron chi connectivity index (χ1n) is 4.18. The number of hydrogen-bond acceptors (Lipinski definition) is 2. The Kier molecular flexibility index (Phi) is 2.32. The molecule has 1 atom stereocenters. The van der Waals surface area contributed by atoms with Crippen molar-refractivity contribution in [3.05, 3.63) is 0 Å². The van der Waals surface area contributed by atoms with Gasteiger partial charge in [0, 0.05) is 6.04 Å². The Balaban J connectivity index is 2.44. The summed E-state index contributed by atoms with van der Waals surface area (Å²) in [6.45, 7) is 5.17. The van der Waals surface area contributed by atoms with E-state index < -0.39 is 5.60 Å². The first kappa shape index (κ1) is 8.02. The second kappa shape index (κ2) is 2.89. The molecule has 0 radical (unpaired) electrons. The lowest BCUT2D eigenvalue weighted by Crippen LogP contribution is -2.58. The highest BCUT2D eigenvalue weighted by Crippen LogP contribution is 2.25. The maximum atomic E-state index is 9.89. The van der Waals surface area contributed by atoms with Gasteiger partial charge in [-0.05, 0) is 25.8 Å². The fourth-order valence-corrected chi connectivity index (χ4v) is 1.49. The largest absolute Gasteiger partial charge is 0.388 e. The Hall–Kier alpha value is -0.0800. The molecule has 0 saturated carbocycles. The SMILES string of the molecule is CCC(O)(CC)C1CCN1. The summed E-state index contributed by atoms with van der Waals surface area (Å²) < 4.78 is 0. The normalized spacial score (nSPS) is 26.1. The van der Waals surface area contributed by atoms with Crippen LogP contribution in [0.3, 0.4) is 0 Å². The highest BCUT2D eigenvalue weighted by molar-refractivity contribution is 4.95. The molecule has 0 bridgehead atoms. The Morgan fingerprint density at radius 1 is 1.50 bits per heavy atom. The van der Waals surface area contributed by atoms with Crippen molar-refractivity contribution in [1.82, 2.24) is 5.32 Å². The van der Waals surface area contributed by atoms with Gasteiger partial charge in [-0.3, -0.25) is 0 Å². The summed E-state index contributed by atoms with van der Waals surface area (Å²) in [6.07, 6.45) is 2.86. The average molecular weight is 143 g/mol. The Morgan fingerprint density at radius 3 is 2.10 bits per heavy atom. The number of hydrogen-bond donors (Lipinski definition) is 2. The van der Waals surface area contributed by atoms with Crippen LogP contribution < -0.4 is 5.32 Å². The third kappa shape index (κ3) is 1.18.